The fourth-order valence-corrected chi connectivity index (χ4v) is 3.16. The van der Waals surface area contributed by atoms with Crippen LogP contribution in [0, 0.1) is 0 Å². The van der Waals surface area contributed by atoms with Crippen LogP contribution in [0.15, 0.2) is 23.0 Å². The van der Waals surface area contributed by atoms with Gasteiger partial charge in [0.05, 0.1) is 28.7 Å². The molecule has 112 valence electrons. The molecule has 0 radical (unpaired) electrons. The van der Waals surface area contributed by atoms with Gasteiger partial charge in [-0.2, -0.15) is 0 Å². The van der Waals surface area contributed by atoms with Crippen molar-refractivity contribution in [3.63, 3.8) is 0 Å². The zero-order valence-corrected chi connectivity index (χ0v) is 11.6. The Bertz CT molecular complexity index is 731. The second kappa shape index (κ2) is 5.37. The molecule has 6 nitrogen and oxygen atoms in total. The lowest BCUT2D eigenvalue weighted by molar-refractivity contribution is 0.0697. The third kappa shape index (κ3) is 2.47. The fraction of sp³-hybridized carbons (Fsp3) is 0.467. The van der Waals surface area contributed by atoms with Crippen molar-refractivity contribution in [2.24, 2.45) is 0 Å². The molecule has 0 spiro atoms. The molecular weight excluding hydrogens is 272 g/mol. The maximum atomic E-state index is 12.2. The van der Waals surface area contributed by atoms with Gasteiger partial charge in [0.1, 0.15) is 0 Å². The van der Waals surface area contributed by atoms with Gasteiger partial charge in [-0.15, -0.1) is 0 Å². The predicted octanol–water partition coefficient (Wildman–Crippen LogP) is 1.89. The average molecular weight is 290 g/mol. The number of carboxylic acids is 1. The quantitative estimate of drug-likeness (QED) is 0.736. The second-order valence-corrected chi connectivity index (χ2v) is 5.61. The number of nitrogens with zero attached hydrogens (tertiary/aromatic N) is 1. The van der Waals surface area contributed by atoms with Crippen molar-refractivity contribution in [1.82, 2.24) is 9.55 Å². The third-order valence-electron chi connectivity index (χ3n) is 4.24. The van der Waals surface area contributed by atoms with Crippen LogP contribution in [0.5, 0.6) is 0 Å². The number of carboxylic acid groups (broad SMARTS) is 1. The maximum Gasteiger partial charge on any atom is 0.335 e. The number of aromatic carboxylic acids is 1. The van der Waals surface area contributed by atoms with E-state index < -0.39 is 12.1 Å². The number of carbonyl (C=O) groups is 1. The highest BCUT2D eigenvalue weighted by Crippen LogP contribution is 2.29. The summed E-state index contributed by atoms with van der Waals surface area (Å²) in [5, 5.41) is 19.3. The normalized spacial score (nSPS) is 23.1. The Labute approximate surface area is 121 Å². The van der Waals surface area contributed by atoms with Gasteiger partial charge in [-0.3, -0.25) is 4.57 Å². The van der Waals surface area contributed by atoms with Crippen molar-refractivity contribution in [3.8, 4) is 0 Å². The number of aliphatic hydroxyl groups is 1. The molecule has 3 N–H and O–H groups in total. The summed E-state index contributed by atoms with van der Waals surface area (Å²) >= 11 is 0. The highest BCUT2D eigenvalue weighted by atomic mass is 16.4. The van der Waals surface area contributed by atoms with Crippen molar-refractivity contribution >= 4 is 17.0 Å². The minimum atomic E-state index is -1.03. The third-order valence-corrected chi connectivity index (χ3v) is 4.24. The summed E-state index contributed by atoms with van der Waals surface area (Å²) < 4.78 is 1.58. The monoisotopic (exact) mass is 290 g/mol. The molecular formula is C15H18N2O4. The molecule has 1 fully saturated rings. The van der Waals surface area contributed by atoms with Gasteiger partial charge in [0.15, 0.2) is 0 Å². The maximum absolute atomic E-state index is 12.2. The number of imidazole rings is 1. The Kier molecular flexibility index (Phi) is 3.55. The second-order valence-electron chi connectivity index (χ2n) is 5.61. The van der Waals surface area contributed by atoms with Gasteiger partial charge >= 0.3 is 11.7 Å². The number of aliphatic hydroxyl groups excluding tert-OH is 1. The van der Waals surface area contributed by atoms with E-state index in [1.54, 1.807) is 10.6 Å². The van der Waals surface area contributed by atoms with E-state index in [2.05, 4.69) is 4.98 Å². The molecule has 6 heteroatoms. The van der Waals surface area contributed by atoms with Gasteiger partial charge < -0.3 is 15.2 Å². The molecule has 3 rings (SSSR count). The first-order valence-corrected chi connectivity index (χ1v) is 7.23. The Balaban J connectivity index is 2.11. The molecule has 0 amide bonds. The minimum absolute atomic E-state index is 0.136. The lowest BCUT2D eigenvalue weighted by atomic mass is 10.1. The summed E-state index contributed by atoms with van der Waals surface area (Å²) in [7, 11) is 0. The van der Waals surface area contributed by atoms with Gasteiger partial charge in [-0.05, 0) is 31.0 Å². The van der Waals surface area contributed by atoms with E-state index in [4.69, 9.17) is 5.11 Å². The summed E-state index contributed by atoms with van der Waals surface area (Å²) in [5.74, 6) is -1.03. The molecule has 1 aromatic carbocycles. The van der Waals surface area contributed by atoms with Crippen LogP contribution in [-0.4, -0.2) is 31.8 Å². The molecule has 0 aliphatic heterocycles. The number of aromatic nitrogens is 2. The van der Waals surface area contributed by atoms with Crippen molar-refractivity contribution in [1.29, 1.82) is 0 Å². The van der Waals surface area contributed by atoms with Gasteiger partial charge in [-0.25, -0.2) is 9.59 Å². The van der Waals surface area contributed by atoms with Crippen LogP contribution < -0.4 is 5.69 Å². The Morgan fingerprint density at radius 3 is 2.76 bits per heavy atom. The molecule has 1 aliphatic carbocycles. The summed E-state index contributed by atoms with van der Waals surface area (Å²) in [6.45, 7) is 0. The van der Waals surface area contributed by atoms with Crippen LogP contribution in [0.4, 0.5) is 0 Å². The molecule has 2 atom stereocenters. The number of H-pyrrole nitrogens is 1. The molecule has 2 unspecified atom stereocenters. The number of benzene rings is 1. The summed E-state index contributed by atoms with van der Waals surface area (Å²) in [5.41, 5.74) is 0.989. The van der Waals surface area contributed by atoms with Crippen LogP contribution in [0.2, 0.25) is 0 Å². The van der Waals surface area contributed by atoms with E-state index >= 15 is 0 Å². The number of aromatic amines is 1. The van der Waals surface area contributed by atoms with Crippen LogP contribution in [0.1, 0.15) is 48.5 Å². The van der Waals surface area contributed by atoms with Crippen molar-refractivity contribution in [3.05, 3.63) is 34.2 Å². The van der Waals surface area contributed by atoms with Gasteiger partial charge in [0.25, 0.3) is 0 Å². The Hall–Kier alpha value is -2.08. The van der Waals surface area contributed by atoms with E-state index in [0.29, 0.717) is 17.5 Å². The van der Waals surface area contributed by atoms with E-state index in [0.717, 1.165) is 25.7 Å². The number of hydrogen-bond acceptors (Lipinski definition) is 3. The highest BCUT2D eigenvalue weighted by molar-refractivity contribution is 5.92. The van der Waals surface area contributed by atoms with Gasteiger partial charge in [0, 0.05) is 0 Å². The van der Waals surface area contributed by atoms with Gasteiger partial charge in [-0.1, -0.05) is 19.3 Å². The van der Waals surface area contributed by atoms with Crippen molar-refractivity contribution < 1.29 is 15.0 Å². The van der Waals surface area contributed by atoms with E-state index in [1.807, 2.05) is 0 Å². The van der Waals surface area contributed by atoms with Gasteiger partial charge in [0.2, 0.25) is 0 Å². The zero-order valence-electron chi connectivity index (χ0n) is 11.6. The SMILES string of the molecule is O=C(O)c1ccc2c(c1)[nH]c(=O)n2C1CCCCCC1O. The topological polar surface area (TPSA) is 95.3 Å². The van der Waals surface area contributed by atoms with E-state index in [-0.39, 0.29) is 17.3 Å². The molecule has 1 aromatic heterocycles. The molecule has 1 aliphatic rings. The predicted molar refractivity (Wildman–Crippen MR) is 77.6 cm³/mol. The summed E-state index contributed by atoms with van der Waals surface area (Å²) in [6.07, 6.45) is 3.93. The first kappa shape index (κ1) is 13.9. The van der Waals surface area contributed by atoms with Crippen molar-refractivity contribution in [2.75, 3.05) is 0 Å². The lowest BCUT2D eigenvalue weighted by Gasteiger charge is -2.21. The number of hydrogen-bond donors (Lipinski definition) is 3. The molecule has 1 heterocycles. The Morgan fingerprint density at radius 1 is 1.24 bits per heavy atom. The first-order valence-electron chi connectivity index (χ1n) is 7.23. The van der Waals surface area contributed by atoms with Crippen LogP contribution in [-0.2, 0) is 0 Å². The number of fused-ring (bicyclic) bond motifs is 1. The lowest BCUT2D eigenvalue weighted by Crippen LogP contribution is -2.30. The molecule has 2 aromatic rings. The highest BCUT2D eigenvalue weighted by Gasteiger charge is 2.26. The standard InChI is InChI=1S/C15H18N2O4/c18-13-5-3-1-2-4-12(13)17-11-7-6-9(14(19)20)8-10(11)16-15(17)21/h6-8,12-13,18H,1-5H2,(H,16,21)(H,19,20). The minimum Gasteiger partial charge on any atom is -0.478 e. The molecule has 0 saturated heterocycles. The number of rotatable bonds is 2. The van der Waals surface area contributed by atoms with Crippen LogP contribution in [0.25, 0.3) is 11.0 Å². The smallest absolute Gasteiger partial charge is 0.335 e. The zero-order chi connectivity index (χ0) is 15.0. The summed E-state index contributed by atoms with van der Waals surface area (Å²) in [4.78, 5) is 25.9. The largest absolute Gasteiger partial charge is 0.478 e. The number of nitrogens with one attached hydrogen (secondary N) is 1. The van der Waals surface area contributed by atoms with E-state index in [1.165, 1.54) is 12.1 Å². The van der Waals surface area contributed by atoms with Crippen molar-refractivity contribution in [2.45, 2.75) is 44.2 Å². The molecule has 0 bridgehead atoms. The molecule has 21 heavy (non-hydrogen) atoms. The first-order chi connectivity index (χ1) is 10.1. The summed E-state index contributed by atoms with van der Waals surface area (Å²) in [6, 6.07) is 4.33. The Morgan fingerprint density at radius 2 is 2.00 bits per heavy atom. The van der Waals surface area contributed by atoms with Crippen LogP contribution >= 0.6 is 0 Å². The average Bonchev–Trinajstić information content (AvgIpc) is 2.62. The van der Waals surface area contributed by atoms with E-state index in [9.17, 15) is 14.7 Å². The molecule has 1 saturated carbocycles. The fourth-order valence-electron chi connectivity index (χ4n) is 3.16. The van der Waals surface area contributed by atoms with Crippen LogP contribution in [0.3, 0.4) is 0 Å².